The average Bonchev–Trinajstić information content (AvgIpc) is 2.34. The Balaban J connectivity index is 2.45. The average molecular weight is 296 g/mol. The monoisotopic (exact) mass is 295 g/mol. The van der Waals surface area contributed by atoms with Crippen LogP contribution >= 0.6 is 11.6 Å². The SMILES string of the molecule is CC(C)CC(C)(O)CNC(=O)C=Cc1ccc(Cl)cc1. The van der Waals surface area contributed by atoms with E-state index >= 15 is 0 Å². The summed E-state index contributed by atoms with van der Waals surface area (Å²) >= 11 is 5.78. The van der Waals surface area contributed by atoms with E-state index in [1.807, 2.05) is 26.0 Å². The maximum absolute atomic E-state index is 11.7. The van der Waals surface area contributed by atoms with E-state index in [0.29, 0.717) is 17.4 Å². The van der Waals surface area contributed by atoms with Crippen molar-refractivity contribution in [2.24, 2.45) is 5.92 Å². The Bertz CT molecular complexity index is 464. The van der Waals surface area contributed by atoms with Gasteiger partial charge < -0.3 is 10.4 Å². The highest BCUT2D eigenvalue weighted by Crippen LogP contribution is 2.15. The highest BCUT2D eigenvalue weighted by molar-refractivity contribution is 6.30. The molecule has 1 atom stereocenters. The van der Waals surface area contributed by atoms with Gasteiger partial charge in [-0.3, -0.25) is 4.79 Å². The Morgan fingerprint density at radius 3 is 2.55 bits per heavy atom. The summed E-state index contributed by atoms with van der Waals surface area (Å²) in [6.07, 6.45) is 3.81. The van der Waals surface area contributed by atoms with Crippen LogP contribution in [0.25, 0.3) is 6.08 Å². The smallest absolute Gasteiger partial charge is 0.244 e. The largest absolute Gasteiger partial charge is 0.388 e. The lowest BCUT2D eigenvalue weighted by Gasteiger charge is -2.25. The fourth-order valence-electron chi connectivity index (χ4n) is 2.03. The highest BCUT2D eigenvalue weighted by Gasteiger charge is 2.21. The minimum Gasteiger partial charge on any atom is -0.388 e. The second-order valence-electron chi connectivity index (χ2n) is 5.70. The van der Waals surface area contributed by atoms with Gasteiger partial charge in [0.2, 0.25) is 5.91 Å². The van der Waals surface area contributed by atoms with Crippen molar-refractivity contribution in [2.45, 2.75) is 32.8 Å². The maximum Gasteiger partial charge on any atom is 0.244 e. The number of halogens is 1. The summed E-state index contributed by atoms with van der Waals surface area (Å²) in [5.41, 5.74) is 0.0243. The highest BCUT2D eigenvalue weighted by atomic mass is 35.5. The van der Waals surface area contributed by atoms with Crippen LogP contribution in [-0.4, -0.2) is 23.2 Å². The Hall–Kier alpha value is -1.32. The molecule has 1 aromatic rings. The topological polar surface area (TPSA) is 49.3 Å². The summed E-state index contributed by atoms with van der Waals surface area (Å²) in [5, 5.41) is 13.5. The van der Waals surface area contributed by atoms with Crippen LogP contribution in [0.4, 0.5) is 0 Å². The molecule has 1 rings (SSSR count). The number of nitrogens with one attached hydrogen (secondary N) is 1. The zero-order valence-corrected chi connectivity index (χ0v) is 12.9. The molecule has 3 nitrogen and oxygen atoms in total. The lowest BCUT2D eigenvalue weighted by atomic mass is 9.94. The van der Waals surface area contributed by atoms with Gasteiger partial charge in [-0.25, -0.2) is 0 Å². The van der Waals surface area contributed by atoms with Crippen LogP contribution in [0.2, 0.25) is 5.02 Å². The molecule has 0 heterocycles. The molecule has 1 unspecified atom stereocenters. The molecule has 0 aromatic heterocycles. The Morgan fingerprint density at radius 1 is 1.40 bits per heavy atom. The van der Waals surface area contributed by atoms with Gasteiger partial charge in [-0.15, -0.1) is 0 Å². The van der Waals surface area contributed by atoms with Gasteiger partial charge in [-0.2, -0.15) is 0 Å². The first-order valence-electron chi connectivity index (χ1n) is 6.72. The zero-order chi connectivity index (χ0) is 15.2. The summed E-state index contributed by atoms with van der Waals surface area (Å²) in [6.45, 7) is 6.05. The first-order valence-corrected chi connectivity index (χ1v) is 7.10. The number of hydrogen-bond donors (Lipinski definition) is 2. The molecule has 0 saturated carbocycles. The Kier molecular flexibility index (Phi) is 6.24. The van der Waals surface area contributed by atoms with Crippen molar-refractivity contribution in [3.8, 4) is 0 Å². The lowest BCUT2D eigenvalue weighted by molar-refractivity contribution is -0.117. The number of aliphatic hydroxyl groups is 1. The van der Waals surface area contributed by atoms with E-state index in [4.69, 9.17) is 11.6 Å². The van der Waals surface area contributed by atoms with Crippen molar-refractivity contribution in [1.29, 1.82) is 0 Å². The number of benzene rings is 1. The molecule has 4 heteroatoms. The molecule has 0 spiro atoms. The fourth-order valence-corrected chi connectivity index (χ4v) is 2.16. The van der Waals surface area contributed by atoms with Crippen LogP contribution in [0.5, 0.6) is 0 Å². The van der Waals surface area contributed by atoms with Crippen LogP contribution in [-0.2, 0) is 4.79 Å². The zero-order valence-electron chi connectivity index (χ0n) is 12.2. The molecule has 0 aliphatic carbocycles. The van der Waals surface area contributed by atoms with E-state index in [0.717, 1.165) is 5.56 Å². The van der Waals surface area contributed by atoms with Crippen molar-refractivity contribution in [3.05, 3.63) is 40.9 Å². The normalized spacial score (nSPS) is 14.5. The van der Waals surface area contributed by atoms with Gasteiger partial charge in [-0.1, -0.05) is 37.6 Å². The molecule has 0 aliphatic heterocycles. The maximum atomic E-state index is 11.7. The van der Waals surface area contributed by atoms with Gasteiger partial charge in [0.05, 0.1) is 5.60 Å². The summed E-state index contributed by atoms with van der Waals surface area (Å²) in [6, 6.07) is 7.21. The van der Waals surface area contributed by atoms with E-state index in [2.05, 4.69) is 5.32 Å². The lowest BCUT2D eigenvalue weighted by Crippen LogP contribution is -2.40. The quantitative estimate of drug-likeness (QED) is 0.791. The number of carbonyl (C=O) groups is 1. The summed E-state index contributed by atoms with van der Waals surface area (Å²) in [5.74, 6) is 0.162. The van der Waals surface area contributed by atoms with Gasteiger partial charge in [0.15, 0.2) is 0 Å². The third kappa shape index (κ3) is 6.73. The van der Waals surface area contributed by atoms with Crippen molar-refractivity contribution < 1.29 is 9.90 Å². The molecule has 0 radical (unpaired) electrons. The second kappa shape index (κ2) is 7.46. The Labute approximate surface area is 125 Å². The van der Waals surface area contributed by atoms with Crippen LogP contribution in [0.15, 0.2) is 30.3 Å². The molecular weight excluding hydrogens is 274 g/mol. The minimum absolute atomic E-state index is 0.219. The van der Waals surface area contributed by atoms with Crippen LogP contribution in [0, 0.1) is 5.92 Å². The van der Waals surface area contributed by atoms with E-state index in [-0.39, 0.29) is 12.5 Å². The predicted octanol–water partition coefficient (Wildman–Crippen LogP) is 3.27. The van der Waals surface area contributed by atoms with E-state index in [1.54, 1.807) is 25.1 Å². The van der Waals surface area contributed by atoms with Gasteiger partial charge >= 0.3 is 0 Å². The number of rotatable bonds is 6. The van der Waals surface area contributed by atoms with Crippen LogP contribution in [0.3, 0.4) is 0 Å². The summed E-state index contributed by atoms with van der Waals surface area (Å²) in [4.78, 5) is 11.7. The number of amides is 1. The van der Waals surface area contributed by atoms with Crippen molar-refractivity contribution >= 4 is 23.6 Å². The van der Waals surface area contributed by atoms with E-state index in [9.17, 15) is 9.90 Å². The first kappa shape index (κ1) is 16.7. The predicted molar refractivity (Wildman–Crippen MR) is 83.6 cm³/mol. The third-order valence-corrected chi connectivity index (χ3v) is 3.04. The van der Waals surface area contributed by atoms with Crippen molar-refractivity contribution in [3.63, 3.8) is 0 Å². The molecule has 1 aromatic carbocycles. The minimum atomic E-state index is -0.877. The van der Waals surface area contributed by atoms with E-state index in [1.165, 1.54) is 6.08 Å². The molecule has 0 saturated heterocycles. The van der Waals surface area contributed by atoms with Crippen molar-refractivity contribution in [1.82, 2.24) is 5.32 Å². The number of carbonyl (C=O) groups excluding carboxylic acids is 1. The summed E-state index contributed by atoms with van der Waals surface area (Å²) < 4.78 is 0. The molecule has 0 bridgehead atoms. The standard InChI is InChI=1S/C16H22ClNO2/c1-12(2)10-16(3,20)11-18-15(19)9-6-13-4-7-14(17)8-5-13/h4-9,12,20H,10-11H2,1-3H3,(H,18,19). The number of hydrogen-bond acceptors (Lipinski definition) is 2. The molecule has 20 heavy (non-hydrogen) atoms. The van der Waals surface area contributed by atoms with Gasteiger partial charge in [0.1, 0.15) is 0 Å². The van der Waals surface area contributed by atoms with E-state index < -0.39 is 5.60 Å². The van der Waals surface area contributed by atoms with Gasteiger partial charge in [-0.05, 0) is 43.0 Å². The fraction of sp³-hybridized carbons (Fsp3) is 0.438. The molecule has 1 amide bonds. The Morgan fingerprint density at radius 2 is 2.00 bits per heavy atom. The molecule has 2 N–H and O–H groups in total. The van der Waals surface area contributed by atoms with Crippen molar-refractivity contribution in [2.75, 3.05) is 6.54 Å². The molecular formula is C16H22ClNO2. The third-order valence-electron chi connectivity index (χ3n) is 2.79. The molecule has 0 aliphatic rings. The van der Waals surface area contributed by atoms with Gasteiger partial charge in [0.25, 0.3) is 0 Å². The van der Waals surface area contributed by atoms with Crippen LogP contribution < -0.4 is 5.32 Å². The molecule has 110 valence electrons. The first-order chi connectivity index (χ1) is 9.28. The van der Waals surface area contributed by atoms with Crippen LogP contribution in [0.1, 0.15) is 32.8 Å². The second-order valence-corrected chi connectivity index (χ2v) is 6.13. The van der Waals surface area contributed by atoms with Gasteiger partial charge in [0, 0.05) is 17.6 Å². The molecule has 0 fully saturated rings. The summed E-state index contributed by atoms with van der Waals surface area (Å²) in [7, 11) is 0.